The van der Waals surface area contributed by atoms with Crippen molar-refractivity contribution >= 4 is 28.7 Å². The predicted molar refractivity (Wildman–Crippen MR) is 79.4 cm³/mol. The third-order valence-electron chi connectivity index (χ3n) is 3.57. The number of fused-ring (bicyclic) bond motifs is 1. The van der Waals surface area contributed by atoms with E-state index in [4.69, 9.17) is 20.8 Å². The Morgan fingerprint density at radius 1 is 1.55 bits per heavy atom. The molecule has 5 nitrogen and oxygen atoms in total. The maximum absolute atomic E-state index is 6.12. The van der Waals surface area contributed by atoms with Crippen LogP contribution in [0.25, 0.3) is 11.1 Å². The van der Waals surface area contributed by atoms with Crippen molar-refractivity contribution in [3.8, 4) is 0 Å². The van der Waals surface area contributed by atoms with E-state index in [2.05, 4.69) is 22.1 Å². The van der Waals surface area contributed by atoms with Gasteiger partial charge >= 0.3 is 0 Å². The van der Waals surface area contributed by atoms with Gasteiger partial charge in [-0.05, 0) is 19.1 Å². The lowest BCUT2D eigenvalue weighted by atomic mass is 10.2. The van der Waals surface area contributed by atoms with E-state index in [0.717, 1.165) is 36.3 Å². The third-order valence-corrected chi connectivity index (χ3v) is 3.79. The van der Waals surface area contributed by atoms with Gasteiger partial charge in [-0.1, -0.05) is 11.6 Å². The highest BCUT2D eigenvalue weighted by Gasteiger charge is 2.23. The van der Waals surface area contributed by atoms with Crippen LogP contribution in [-0.2, 0) is 11.3 Å². The van der Waals surface area contributed by atoms with Gasteiger partial charge in [0.15, 0.2) is 5.58 Å². The Bertz CT molecular complexity index is 614. The molecule has 3 rings (SSSR count). The molecule has 0 saturated carbocycles. The Kier molecular flexibility index (Phi) is 3.83. The summed E-state index contributed by atoms with van der Waals surface area (Å²) in [6.45, 7) is 5.38. The number of nitrogens with one attached hydrogen (secondary N) is 1. The van der Waals surface area contributed by atoms with E-state index in [1.165, 1.54) is 0 Å². The lowest BCUT2D eigenvalue weighted by Crippen LogP contribution is -2.50. The van der Waals surface area contributed by atoms with Crippen molar-refractivity contribution in [2.45, 2.75) is 19.6 Å². The number of aromatic nitrogens is 1. The largest absolute Gasteiger partial charge is 0.423 e. The summed E-state index contributed by atoms with van der Waals surface area (Å²) >= 11 is 6.12. The molecule has 0 radical (unpaired) electrons. The number of oxazole rings is 1. The molecule has 1 saturated heterocycles. The minimum Gasteiger partial charge on any atom is -0.423 e. The van der Waals surface area contributed by atoms with Crippen molar-refractivity contribution in [2.24, 2.45) is 0 Å². The van der Waals surface area contributed by atoms with Gasteiger partial charge in [0, 0.05) is 43.4 Å². The molecule has 1 aliphatic heterocycles. The zero-order chi connectivity index (χ0) is 14.1. The standard InChI is InChI=1S/C14H18ClN3O2/c1-9-7-16-3-4-18(9)14-17-12-6-11(15)5-10(8-19-2)13(12)20-14/h5-6,9,16H,3-4,7-8H2,1-2H3/t9-/m0/s1. The summed E-state index contributed by atoms with van der Waals surface area (Å²) in [5.74, 6) is 0. The molecule has 1 atom stereocenters. The number of ether oxygens (including phenoxy) is 1. The second-order valence-corrected chi connectivity index (χ2v) is 5.53. The molecule has 1 fully saturated rings. The minimum absolute atomic E-state index is 0.359. The van der Waals surface area contributed by atoms with E-state index in [1.807, 2.05) is 12.1 Å². The highest BCUT2D eigenvalue weighted by Crippen LogP contribution is 2.29. The van der Waals surface area contributed by atoms with Crippen molar-refractivity contribution < 1.29 is 9.15 Å². The van der Waals surface area contributed by atoms with Gasteiger partial charge < -0.3 is 19.4 Å². The van der Waals surface area contributed by atoms with Crippen LogP contribution in [-0.4, -0.2) is 37.8 Å². The topological polar surface area (TPSA) is 50.5 Å². The smallest absolute Gasteiger partial charge is 0.298 e. The second kappa shape index (κ2) is 5.60. The number of anilines is 1. The van der Waals surface area contributed by atoms with Gasteiger partial charge in [-0.25, -0.2) is 0 Å². The lowest BCUT2D eigenvalue weighted by molar-refractivity contribution is 0.185. The van der Waals surface area contributed by atoms with Gasteiger partial charge in [0.25, 0.3) is 6.01 Å². The Hall–Kier alpha value is -1.30. The van der Waals surface area contributed by atoms with Gasteiger partial charge in [-0.15, -0.1) is 0 Å². The summed E-state index contributed by atoms with van der Waals surface area (Å²) in [7, 11) is 1.66. The number of hydrogen-bond donors (Lipinski definition) is 1. The number of methoxy groups -OCH3 is 1. The molecule has 2 heterocycles. The monoisotopic (exact) mass is 295 g/mol. The Morgan fingerprint density at radius 3 is 3.15 bits per heavy atom. The summed E-state index contributed by atoms with van der Waals surface area (Å²) in [4.78, 5) is 6.76. The van der Waals surface area contributed by atoms with Crippen LogP contribution >= 0.6 is 11.6 Å². The van der Waals surface area contributed by atoms with Crippen LogP contribution in [0.3, 0.4) is 0 Å². The summed E-state index contributed by atoms with van der Waals surface area (Å²) in [6.07, 6.45) is 0. The van der Waals surface area contributed by atoms with Crippen molar-refractivity contribution in [2.75, 3.05) is 31.6 Å². The van der Waals surface area contributed by atoms with E-state index < -0.39 is 0 Å². The van der Waals surface area contributed by atoms with Gasteiger partial charge in [0.2, 0.25) is 0 Å². The molecule has 1 aromatic carbocycles. The molecule has 0 bridgehead atoms. The normalized spacial score (nSPS) is 19.8. The molecule has 0 unspecified atom stereocenters. The van der Waals surface area contributed by atoms with Crippen molar-refractivity contribution in [1.29, 1.82) is 0 Å². The van der Waals surface area contributed by atoms with E-state index in [0.29, 0.717) is 23.7 Å². The molecule has 1 N–H and O–H groups in total. The molecule has 0 amide bonds. The molecular formula is C14H18ClN3O2. The van der Waals surface area contributed by atoms with Gasteiger partial charge in [-0.3, -0.25) is 0 Å². The van der Waals surface area contributed by atoms with E-state index in [1.54, 1.807) is 7.11 Å². The van der Waals surface area contributed by atoms with Crippen LogP contribution in [0.1, 0.15) is 12.5 Å². The molecule has 1 aromatic heterocycles. The zero-order valence-electron chi connectivity index (χ0n) is 11.6. The molecular weight excluding hydrogens is 278 g/mol. The highest BCUT2D eigenvalue weighted by atomic mass is 35.5. The first-order valence-electron chi connectivity index (χ1n) is 6.74. The zero-order valence-corrected chi connectivity index (χ0v) is 12.4. The van der Waals surface area contributed by atoms with E-state index in [9.17, 15) is 0 Å². The van der Waals surface area contributed by atoms with Crippen LogP contribution < -0.4 is 10.2 Å². The molecule has 20 heavy (non-hydrogen) atoms. The fourth-order valence-electron chi connectivity index (χ4n) is 2.56. The predicted octanol–water partition coefficient (Wildman–Crippen LogP) is 2.43. The Balaban J connectivity index is 2.03. The maximum Gasteiger partial charge on any atom is 0.298 e. The molecule has 6 heteroatoms. The molecule has 0 aliphatic carbocycles. The SMILES string of the molecule is COCc1cc(Cl)cc2nc(N3CCNC[C@@H]3C)oc12. The second-order valence-electron chi connectivity index (χ2n) is 5.09. The quantitative estimate of drug-likeness (QED) is 0.942. The fourth-order valence-corrected chi connectivity index (χ4v) is 2.80. The van der Waals surface area contributed by atoms with Crippen LogP contribution in [0.2, 0.25) is 5.02 Å². The van der Waals surface area contributed by atoms with E-state index in [-0.39, 0.29) is 0 Å². The molecule has 0 spiro atoms. The number of benzene rings is 1. The minimum atomic E-state index is 0.359. The highest BCUT2D eigenvalue weighted by molar-refractivity contribution is 6.31. The number of halogens is 1. The lowest BCUT2D eigenvalue weighted by Gasteiger charge is -2.32. The van der Waals surface area contributed by atoms with Crippen LogP contribution in [0.5, 0.6) is 0 Å². The van der Waals surface area contributed by atoms with Gasteiger partial charge in [0.1, 0.15) is 5.52 Å². The third kappa shape index (κ3) is 2.49. The number of hydrogen-bond acceptors (Lipinski definition) is 5. The summed E-state index contributed by atoms with van der Waals surface area (Å²) in [5, 5.41) is 4.01. The van der Waals surface area contributed by atoms with Gasteiger partial charge in [0.05, 0.1) is 6.61 Å². The first-order chi connectivity index (χ1) is 9.69. The summed E-state index contributed by atoms with van der Waals surface area (Å²) in [6, 6.07) is 4.71. The van der Waals surface area contributed by atoms with E-state index >= 15 is 0 Å². The van der Waals surface area contributed by atoms with Gasteiger partial charge in [-0.2, -0.15) is 4.98 Å². The first-order valence-corrected chi connectivity index (χ1v) is 7.12. The van der Waals surface area contributed by atoms with Crippen molar-refractivity contribution in [3.63, 3.8) is 0 Å². The Morgan fingerprint density at radius 2 is 2.40 bits per heavy atom. The van der Waals surface area contributed by atoms with Crippen LogP contribution in [0.4, 0.5) is 6.01 Å². The summed E-state index contributed by atoms with van der Waals surface area (Å²) in [5.41, 5.74) is 2.47. The van der Waals surface area contributed by atoms with Crippen molar-refractivity contribution in [3.05, 3.63) is 22.7 Å². The average molecular weight is 296 g/mol. The summed E-state index contributed by atoms with van der Waals surface area (Å²) < 4.78 is 11.2. The molecule has 2 aromatic rings. The first kappa shape index (κ1) is 13.7. The maximum atomic E-state index is 6.12. The molecule has 1 aliphatic rings. The number of piperazine rings is 1. The average Bonchev–Trinajstić information content (AvgIpc) is 2.83. The number of nitrogens with zero attached hydrogens (tertiary/aromatic N) is 2. The van der Waals surface area contributed by atoms with Crippen LogP contribution in [0.15, 0.2) is 16.5 Å². The fraction of sp³-hybridized carbons (Fsp3) is 0.500. The molecule has 108 valence electrons. The van der Waals surface area contributed by atoms with Crippen LogP contribution in [0, 0.1) is 0 Å². The van der Waals surface area contributed by atoms with Crippen molar-refractivity contribution in [1.82, 2.24) is 10.3 Å². The number of rotatable bonds is 3. The Labute approximate surface area is 122 Å².